The van der Waals surface area contributed by atoms with Crippen molar-refractivity contribution in [2.45, 2.75) is 47.0 Å². The van der Waals surface area contributed by atoms with Crippen LogP contribution >= 0.6 is 0 Å². The van der Waals surface area contributed by atoms with Gasteiger partial charge in [0.15, 0.2) is 0 Å². The Morgan fingerprint density at radius 3 is 1.75 bits per heavy atom. The number of unbranched alkanes of at least 4 members (excludes halogenated alkanes) is 1. The minimum atomic E-state index is -0.600. The Kier molecular flexibility index (Phi) is 21.1. The third-order valence-electron chi connectivity index (χ3n) is 1.22. The summed E-state index contributed by atoms with van der Waals surface area (Å²) in [4.78, 5) is 0. The zero-order valence-electron chi connectivity index (χ0n) is 9.06. The van der Waals surface area contributed by atoms with E-state index in [0.717, 1.165) is 19.6 Å². The molecule has 0 aromatic carbocycles. The van der Waals surface area contributed by atoms with Gasteiger partial charge in [-0.25, -0.2) is 0 Å². The Bertz CT molecular complexity index is 52.5. The first kappa shape index (κ1) is 14.6. The summed E-state index contributed by atoms with van der Waals surface area (Å²) in [5.74, 6) is 0. The van der Waals surface area contributed by atoms with Crippen LogP contribution in [-0.4, -0.2) is 23.2 Å². The highest BCUT2D eigenvalue weighted by Gasteiger charge is 1.82. The van der Waals surface area contributed by atoms with Gasteiger partial charge in [0.1, 0.15) is 0 Å². The molecule has 0 radical (unpaired) electrons. The van der Waals surface area contributed by atoms with Crippen LogP contribution in [0.25, 0.3) is 0 Å². The molecule has 0 fully saturated rings. The zero-order chi connectivity index (χ0) is 9.66. The van der Waals surface area contributed by atoms with E-state index >= 15 is 0 Å². The molecule has 0 atom stereocenters. The molecule has 0 bridgehead atoms. The molecule has 0 rings (SSSR count). The van der Waals surface area contributed by atoms with E-state index in [4.69, 9.17) is 8.85 Å². The summed E-state index contributed by atoms with van der Waals surface area (Å²) in [5.41, 5.74) is 0. The van der Waals surface area contributed by atoms with Gasteiger partial charge in [-0.3, -0.25) is 0 Å². The second kappa shape index (κ2) is 17.3. The lowest BCUT2D eigenvalue weighted by Gasteiger charge is -1.98. The van der Waals surface area contributed by atoms with E-state index in [1.165, 1.54) is 12.8 Å². The van der Waals surface area contributed by atoms with Gasteiger partial charge >= 0.3 is 10.0 Å². The lowest BCUT2D eigenvalue weighted by molar-refractivity contribution is 0.231. The van der Waals surface area contributed by atoms with Crippen LogP contribution in [0.15, 0.2) is 0 Å². The monoisotopic (exact) mass is 192 g/mol. The molecule has 0 aliphatic rings. The Labute approximate surface area is 79.7 Å². The van der Waals surface area contributed by atoms with Gasteiger partial charge in [0.2, 0.25) is 0 Å². The lowest BCUT2D eigenvalue weighted by Crippen LogP contribution is -2.04. The molecule has 3 heteroatoms. The van der Waals surface area contributed by atoms with E-state index in [1.807, 2.05) is 6.92 Å². The lowest BCUT2D eigenvalue weighted by atomic mass is 10.4. The number of rotatable bonds is 6. The van der Waals surface area contributed by atoms with Crippen LogP contribution in [0.1, 0.15) is 47.0 Å². The highest BCUT2D eigenvalue weighted by molar-refractivity contribution is 6.17. The molecule has 0 saturated heterocycles. The summed E-state index contributed by atoms with van der Waals surface area (Å²) in [6.07, 6.45) is 3.74. The molecule has 0 amide bonds. The third kappa shape index (κ3) is 22.5. The quantitative estimate of drug-likeness (QED) is 0.475. The highest BCUT2D eigenvalue weighted by Crippen LogP contribution is 1.77. The van der Waals surface area contributed by atoms with Gasteiger partial charge in [0.05, 0.1) is 0 Å². The molecule has 0 aromatic heterocycles. The Hall–Kier alpha value is 0.137. The van der Waals surface area contributed by atoms with Crippen molar-refractivity contribution in [3.05, 3.63) is 0 Å². The molecule has 2 nitrogen and oxygen atoms in total. The molecule has 0 N–H and O–H groups in total. The maximum absolute atomic E-state index is 5.14. The van der Waals surface area contributed by atoms with Crippen LogP contribution in [0, 0.1) is 0 Å². The summed E-state index contributed by atoms with van der Waals surface area (Å²) in [7, 11) is -0.600. The molecular weight excluding hydrogens is 168 g/mol. The van der Waals surface area contributed by atoms with Crippen molar-refractivity contribution in [3.8, 4) is 0 Å². The Morgan fingerprint density at radius 2 is 1.42 bits per heavy atom. The van der Waals surface area contributed by atoms with Crippen LogP contribution in [0.2, 0.25) is 0 Å². The predicted molar refractivity (Wildman–Crippen MR) is 57.0 cm³/mol. The SMILES string of the molecule is CCCC.CCCO[SiH2]OCC. The van der Waals surface area contributed by atoms with Crippen molar-refractivity contribution >= 4 is 10.0 Å². The average molecular weight is 192 g/mol. The Morgan fingerprint density at radius 1 is 0.833 bits per heavy atom. The molecule has 0 heterocycles. The van der Waals surface area contributed by atoms with E-state index in [9.17, 15) is 0 Å². The van der Waals surface area contributed by atoms with E-state index in [1.54, 1.807) is 0 Å². The number of hydrogen-bond acceptors (Lipinski definition) is 2. The van der Waals surface area contributed by atoms with E-state index in [2.05, 4.69) is 20.8 Å². The minimum Gasteiger partial charge on any atom is -0.399 e. The predicted octanol–water partition coefficient (Wildman–Crippen LogP) is 2.25. The van der Waals surface area contributed by atoms with Gasteiger partial charge in [-0.2, -0.15) is 0 Å². The minimum absolute atomic E-state index is 0.600. The zero-order valence-corrected chi connectivity index (χ0v) is 10.5. The number of hydrogen-bond donors (Lipinski definition) is 0. The fourth-order valence-corrected chi connectivity index (χ4v) is 1.04. The first-order valence-electron chi connectivity index (χ1n) is 4.98. The van der Waals surface area contributed by atoms with Gasteiger partial charge in [0, 0.05) is 13.2 Å². The van der Waals surface area contributed by atoms with Crippen molar-refractivity contribution in [1.29, 1.82) is 0 Å². The van der Waals surface area contributed by atoms with Gasteiger partial charge in [0.25, 0.3) is 0 Å². The molecule has 0 aliphatic carbocycles. The van der Waals surface area contributed by atoms with Gasteiger partial charge in [-0.1, -0.05) is 33.6 Å². The van der Waals surface area contributed by atoms with Crippen molar-refractivity contribution in [2.75, 3.05) is 13.2 Å². The summed E-state index contributed by atoms with van der Waals surface area (Å²) in [6, 6.07) is 0. The molecule has 0 aliphatic heterocycles. The fourth-order valence-electron chi connectivity index (χ4n) is 0.346. The van der Waals surface area contributed by atoms with Crippen LogP contribution < -0.4 is 0 Å². The first-order chi connectivity index (χ1) is 5.83. The molecular formula is C9H24O2Si. The van der Waals surface area contributed by atoms with Crippen LogP contribution in [0.5, 0.6) is 0 Å². The maximum atomic E-state index is 5.14. The summed E-state index contributed by atoms with van der Waals surface area (Å²) in [5, 5.41) is 0. The summed E-state index contributed by atoms with van der Waals surface area (Å²) >= 11 is 0. The van der Waals surface area contributed by atoms with Crippen molar-refractivity contribution in [2.24, 2.45) is 0 Å². The molecule has 0 unspecified atom stereocenters. The van der Waals surface area contributed by atoms with Crippen LogP contribution in [0.3, 0.4) is 0 Å². The molecule has 12 heavy (non-hydrogen) atoms. The van der Waals surface area contributed by atoms with Gasteiger partial charge in [-0.15, -0.1) is 0 Å². The van der Waals surface area contributed by atoms with Gasteiger partial charge in [-0.05, 0) is 13.3 Å². The topological polar surface area (TPSA) is 18.5 Å². The van der Waals surface area contributed by atoms with E-state index in [0.29, 0.717) is 0 Å². The second-order valence-electron chi connectivity index (χ2n) is 2.52. The molecule has 0 saturated carbocycles. The van der Waals surface area contributed by atoms with Crippen LogP contribution in [0.4, 0.5) is 0 Å². The van der Waals surface area contributed by atoms with Crippen LogP contribution in [-0.2, 0) is 8.85 Å². The van der Waals surface area contributed by atoms with Gasteiger partial charge < -0.3 is 8.85 Å². The first-order valence-corrected chi connectivity index (χ1v) is 6.14. The third-order valence-corrected chi connectivity index (χ3v) is 2.25. The van der Waals surface area contributed by atoms with Crippen molar-refractivity contribution < 1.29 is 8.85 Å². The highest BCUT2D eigenvalue weighted by atomic mass is 28.3. The normalized spacial score (nSPS) is 10.0. The van der Waals surface area contributed by atoms with E-state index in [-0.39, 0.29) is 0 Å². The summed E-state index contributed by atoms with van der Waals surface area (Å²) < 4.78 is 10.2. The molecule has 76 valence electrons. The summed E-state index contributed by atoms with van der Waals surface area (Å²) in [6.45, 7) is 10.1. The average Bonchev–Trinajstić information content (AvgIpc) is 2.13. The van der Waals surface area contributed by atoms with Crippen molar-refractivity contribution in [1.82, 2.24) is 0 Å². The smallest absolute Gasteiger partial charge is 0.304 e. The standard InChI is InChI=1S/C5H14O2Si.C4H10/c1-3-5-7-8-6-4-2;1-3-4-2/h3-5,8H2,1-2H3;3-4H2,1-2H3. The Balaban J connectivity index is 0. The largest absolute Gasteiger partial charge is 0.399 e. The second-order valence-corrected chi connectivity index (χ2v) is 3.57. The van der Waals surface area contributed by atoms with E-state index < -0.39 is 10.0 Å². The van der Waals surface area contributed by atoms with Crippen molar-refractivity contribution in [3.63, 3.8) is 0 Å². The molecule has 0 aromatic rings. The molecule has 0 spiro atoms. The maximum Gasteiger partial charge on any atom is 0.304 e. The fraction of sp³-hybridized carbons (Fsp3) is 1.00.